The molecule has 25 heavy (non-hydrogen) atoms. The zero-order valence-electron chi connectivity index (χ0n) is 13.1. The summed E-state index contributed by atoms with van der Waals surface area (Å²) in [5.41, 5.74) is 2.11. The standard InChI is InChI=1S/C19H14N4O2/c24-19(22-13-7-3-1-4-8-13)15-11-20-18-17(15)23-16(12-21-18)25-14-9-5-2-6-10-14/h1-12H,(H,20,21)(H,22,24). The van der Waals surface area contributed by atoms with Crippen LogP contribution in [-0.2, 0) is 0 Å². The lowest BCUT2D eigenvalue weighted by Gasteiger charge is -2.05. The maximum atomic E-state index is 12.5. The van der Waals surface area contributed by atoms with Crippen LogP contribution in [0.15, 0.2) is 73.1 Å². The molecule has 0 aliphatic carbocycles. The van der Waals surface area contributed by atoms with Crippen molar-refractivity contribution >= 4 is 22.8 Å². The zero-order valence-corrected chi connectivity index (χ0v) is 13.1. The van der Waals surface area contributed by atoms with Gasteiger partial charge in [-0.3, -0.25) is 4.79 Å². The molecule has 1 amide bonds. The number of carbonyl (C=O) groups is 1. The van der Waals surface area contributed by atoms with Gasteiger partial charge in [-0.05, 0) is 24.3 Å². The molecule has 0 aliphatic heterocycles. The highest BCUT2D eigenvalue weighted by molar-refractivity contribution is 6.11. The van der Waals surface area contributed by atoms with Crippen LogP contribution in [-0.4, -0.2) is 20.9 Å². The van der Waals surface area contributed by atoms with Crippen LogP contribution < -0.4 is 10.1 Å². The highest BCUT2D eigenvalue weighted by Crippen LogP contribution is 2.22. The first-order chi connectivity index (χ1) is 12.3. The van der Waals surface area contributed by atoms with E-state index in [1.165, 1.54) is 6.20 Å². The molecule has 0 radical (unpaired) electrons. The van der Waals surface area contributed by atoms with E-state index in [9.17, 15) is 4.79 Å². The molecular weight excluding hydrogens is 316 g/mol. The summed E-state index contributed by atoms with van der Waals surface area (Å²) >= 11 is 0. The van der Waals surface area contributed by atoms with Gasteiger partial charge in [0.25, 0.3) is 5.91 Å². The first-order valence-corrected chi connectivity index (χ1v) is 7.73. The van der Waals surface area contributed by atoms with Gasteiger partial charge in [0.1, 0.15) is 11.3 Å². The third kappa shape index (κ3) is 3.18. The molecule has 0 saturated heterocycles. The van der Waals surface area contributed by atoms with Gasteiger partial charge >= 0.3 is 0 Å². The fourth-order valence-corrected chi connectivity index (χ4v) is 2.43. The minimum absolute atomic E-state index is 0.261. The van der Waals surface area contributed by atoms with Gasteiger partial charge < -0.3 is 15.0 Å². The first kappa shape index (κ1) is 14.9. The lowest BCUT2D eigenvalue weighted by Crippen LogP contribution is -2.11. The molecule has 0 saturated carbocycles. The molecule has 2 aromatic carbocycles. The second kappa shape index (κ2) is 6.45. The van der Waals surface area contributed by atoms with Crippen LogP contribution >= 0.6 is 0 Å². The van der Waals surface area contributed by atoms with E-state index in [-0.39, 0.29) is 5.91 Å². The van der Waals surface area contributed by atoms with Crippen molar-refractivity contribution in [2.24, 2.45) is 0 Å². The maximum absolute atomic E-state index is 12.5. The van der Waals surface area contributed by atoms with Crippen molar-refractivity contribution < 1.29 is 9.53 Å². The Labute approximate surface area is 143 Å². The van der Waals surface area contributed by atoms with E-state index in [2.05, 4.69) is 20.3 Å². The number of ether oxygens (including phenoxy) is 1. The third-order valence-corrected chi connectivity index (χ3v) is 3.60. The summed E-state index contributed by atoms with van der Waals surface area (Å²) in [6.45, 7) is 0. The number of hydrogen-bond donors (Lipinski definition) is 2. The minimum Gasteiger partial charge on any atom is -0.437 e. The number of para-hydroxylation sites is 2. The van der Waals surface area contributed by atoms with Gasteiger partial charge in [-0.1, -0.05) is 36.4 Å². The van der Waals surface area contributed by atoms with Gasteiger partial charge in [0, 0.05) is 11.9 Å². The van der Waals surface area contributed by atoms with Crippen LogP contribution in [0.4, 0.5) is 5.69 Å². The molecule has 0 unspecified atom stereocenters. The van der Waals surface area contributed by atoms with Gasteiger partial charge in [0.2, 0.25) is 5.88 Å². The van der Waals surface area contributed by atoms with Gasteiger partial charge in [-0.15, -0.1) is 0 Å². The van der Waals surface area contributed by atoms with Gasteiger partial charge in [0.05, 0.1) is 11.8 Å². The highest BCUT2D eigenvalue weighted by atomic mass is 16.5. The molecule has 122 valence electrons. The van der Waals surface area contributed by atoms with E-state index in [1.807, 2.05) is 60.7 Å². The first-order valence-electron chi connectivity index (χ1n) is 7.73. The number of fused-ring (bicyclic) bond motifs is 1. The SMILES string of the molecule is O=C(Nc1ccccc1)c1c[nH]c2ncc(Oc3ccccc3)nc12. The Morgan fingerprint density at radius 2 is 1.72 bits per heavy atom. The number of aromatic amines is 1. The molecule has 6 nitrogen and oxygen atoms in total. The second-order valence-electron chi connectivity index (χ2n) is 5.34. The van der Waals surface area contributed by atoms with E-state index >= 15 is 0 Å². The smallest absolute Gasteiger partial charge is 0.259 e. The number of aromatic nitrogens is 3. The molecule has 0 spiro atoms. The number of H-pyrrole nitrogens is 1. The quantitative estimate of drug-likeness (QED) is 0.592. The lowest BCUT2D eigenvalue weighted by molar-refractivity contribution is 0.102. The Kier molecular flexibility index (Phi) is 3.84. The van der Waals surface area contributed by atoms with Gasteiger partial charge in [-0.2, -0.15) is 0 Å². The molecule has 0 atom stereocenters. The Morgan fingerprint density at radius 3 is 2.48 bits per heavy atom. The summed E-state index contributed by atoms with van der Waals surface area (Å²) in [4.78, 5) is 24.2. The summed E-state index contributed by atoms with van der Waals surface area (Å²) < 4.78 is 5.69. The summed E-state index contributed by atoms with van der Waals surface area (Å²) in [6.07, 6.45) is 3.11. The molecule has 2 aromatic heterocycles. The van der Waals surface area contributed by atoms with Crippen LogP contribution in [0.2, 0.25) is 0 Å². The van der Waals surface area contributed by atoms with Crippen LogP contribution in [0, 0.1) is 0 Å². The van der Waals surface area contributed by atoms with Crippen LogP contribution in [0.3, 0.4) is 0 Å². The fourth-order valence-electron chi connectivity index (χ4n) is 2.43. The average Bonchev–Trinajstić information content (AvgIpc) is 3.07. The Bertz CT molecular complexity index is 1010. The molecule has 2 N–H and O–H groups in total. The fraction of sp³-hybridized carbons (Fsp3) is 0. The Hall–Kier alpha value is -3.67. The predicted octanol–water partition coefficient (Wildman–Crippen LogP) is 4.00. The van der Waals surface area contributed by atoms with Crippen LogP contribution in [0.25, 0.3) is 11.2 Å². The molecule has 6 heteroatoms. The number of nitrogens with one attached hydrogen (secondary N) is 2. The van der Waals surface area contributed by atoms with Crippen molar-refractivity contribution in [2.75, 3.05) is 5.32 Å². The number of nitrogens with zero attached hydrogens (tertiary/aromatic N) is 2. The van der Waals surface area contributed by atoms with Crippen molar-refractivity contribution in [1.29, 1.82) is 0 Å². The molecule has 4 aromatic rings. The van der Waals surface area contributed by atoms with Gasteiger partial charge in [-0.25, -0.2) is 9.97 Å². The van der Waals surface area contributed by atoms with E-state index in [1.54, 1.807) is 6.20 Å². The normalized spacial score (nSPS) is 10.6. The predicted molar refractivity (Wildman–Crippen MR) is 94.8 cm³/mol. The van der Waals surface area contributed by atoms with Crippen molar-refractivity contribution in [2.45, 2.75) is 0 Å². The molecule has 0 fully saturated rings. The van der Waals surface area contributed by atoms with Crippen molar-refractivity contribution in [1.82, 2.24) is 15.0 Å². The summed E-state index contributed by atoms with van der Waals surface area (Å²) in [5, 5.41) is 2.84. The van der Waals surface area contributed by atoms with E-state index in [0.717, 1.165) is 0 Å². The zero-order chi connectivity index (χ0) is 17.1. The molecular formula is C19H14N4O2. The summed E-state index contributed by atoms with van der Waals surface area (Å²) in [5.74, 6) is 0.720. The van der Waals surface area contributed by atoms with E-state index in [4.69, 9.17) is 4.74 Å². The molecule has 2 heterocycles. The van der Waals surface area contributed by atoms with Crippen LogP contribution in [0.1, 0.15) is 10.4 Å². The number of anilines is 1. The Balaban J connectivity index is 1.63. The van der Waals surface area contributed by atoms with E-state index in [0.29, 0.717) is 34.0 Å². The highest BCUT2D eigenvalue weighted by Gasteiger charge is 2.15. The minimum atomic E-state index is -0.261. The van der Waals surface area contributed by atoms with Crippen LogP contribution in [0.5, 0.6) is 11.6 Å². The topological polar surface area (TPSA) is 79.9 Å². The Morgan fingerprint density at radius 1 is 1.00 bits per heavy atom. The monoisotopic (exact) mass is 330 g/mol. The van der Waals surface area contributed by atoms with Crippen molar-refractivity contribution in [3.05, 3.63) is 78.6 Å². The second-order valence-corrected chi connectivity index (χ2v) is 5.34. The molecule has 4 rings (SSSR count). The third-order valence-electron chi connectivity index (χ3n) is 3.60. The van der Waals surface area contributed by atoms with E-state index < -0.39 is 0 Å². The average molecular weight is 330 g/mol. The molecule has 0 aliphatic rings. The number of hydrogen-bond acceptors (Lipinski definition) is 4. The summed E-state index contributed by atoms with van der Waals surface area (Å²) in [6, 6.07) is 18.5. The molecule has 0 bridgehead atoms. The number of amides is 1. The maximum Gasteiger partial charge on any atom is 0.259 e. The number of benzene rings is 2. The number of rotatable bonds is 4. The van der Waals surface area contributed by atoms with Crippen molar-refractivity contribution in [3.63, 3.8) is 0 Å². The largest absolute Gasteiger partial charge is 0.437 e. The van der Waals surface area contributed by atoms with Crippen molar-refractivity contribution in [3.8, 4) is 11.6 Å². The van der Waals surface area contributed by atoms with Gasteiger partial charge in [0.15, 0.2) is 5.65 Å². The summed E-state index contributed by atoms with van der Waals surface area (Å²) in [7, 11) is 0. The lowest BCUT2D eigenvalue weighted by atomic mass is 10.2. The number of carbonyl (C=O) groups excluding carboxylic acids is 1.